The summed E-state index contributed by atoms with van der Waals surface area (Å²) >= 11 is 1.51. The lowest BCUT2D eigenvalue weighted by atomic mass is 9.72. The highest BCUT2D eigenvalue weighted by molar-refractivity contribution is 7.98. The summed E-state index contributed by atoms with van der Waals surface area (Å²) in [4.78, 5) is 12.1. The molecule has 1 aliphatic carbocycles. The predicted molar refractivity (Wildman–Crippen MR) is 182 cm³/mol. The number of nitrogens with zero attached hydrogens (tertiary/aromatic N) is 4. The Bertz CT molecular complexity index is 1820. The lowest BCUT2D eigenvalue weighted by Crippen LogP contribution is -2.41. The van der Waals surface area contributed by atoms with E-state index in [4.69, 9.17) is 19.4 Å². The average Bonchev–Trinajstić information content (AvgIpc) is 3.11. The molecule has 0 amide bonds. The Morgan fingerprint density at radius 3 is 2.15 bits per heavy atom. The van der Waals surface area contributed by atoms with E-state index in [1.165, 1.54) is 28.5 Å². The van der Waals surface area contributed by atoms with E-state index in [9.17, 15) is 5.26 Å². The first-order valence-corrected chi connectivity index (χ1v) is 17.0. The van der Waals surface area contributed by atoms with Gasteiger partial charge in [-0.15, -0.1) is 0 Å². The Morgan fingerprint density at radius 1 is 0.870 bits per heavy atom. The summed E-state index contributed by atoms with van der Waals surface area (Å²) in [6.07, 6.45) is 5.30. The van der Waals surface area contributed by atoms with Gasteiger partial charge in [0.1, 0.15) is 18.3 Å². The van der Waals surface area contributed by atoms with Gasteiger partial charge in [-0.2, -0.15) is 10.2 Å². The maximum atomic E-state index is 10.9. The van der Waals surface area contributed by atoms with E-state index in [1.54, 1.807) is 0 Å². The van der Waals surface area contributed by atoms with Crippen molar-refractivity contribution in [2.75, 3.05) is 11.2 Å². The predicted octanol–water partition coefficient (Wildman–Crippen LogP) is 8.16. The third-order valence-corrected chi connectivity index (χ3v) is 9.57. The van der Waals surface area contributed by atoms with Crippen molar-refractivity contribution in [1.82, 2.24) is 9.97 Å². The lowest BCUT2D eigenvalue weighted by Gasteiger charge is -2.43. The SMILES string of the molecule is CSc1nc2c(c(OCc3ccccc3)n1)COC1(CCCc3ccc(N(Cc4ccccc4)Cc4ccccc4)c(C#N)c31)C2. The molecule has 2 aliphatic rings. The van der Waals surface area contributed by atoms with E-state index in [0.717, 1.165) is 47.3 Å². The molecule has 0 N–H and O–H groups in total. The molecule has 7 heteroatoms. The Hall–Kier alpha value is -4.64. The van der Waals surface area contributed by atoms with Crippen LogP contribution in [-0.4, -0.2) is 16.2 Å². The first-order chi connectivity index (χ1) is 22.7. The Morgan fingerprint density at radius 2 is 1.52 bits per heavy atom. The van der Waals surface area contributed by atoms with E-state index >= 15 is 0 Å². The summed E-state index contributed by atoms with van der Waals surface area (Å²) in [5.74, 6) is 0.579. The lowest BCUT2D eigenvalue weighted by molar-refractivity contribution is -0.0869. The molecule has 0 saturated carbocycles. The number of fused-ring (bicyclic) bond motifs is 3. The van der Waals surface area contributed by atoms with Crippen molar-refractivity contribution in [1.29, 1.82) is 5.26 Å². The number of aryl methyl sites for hydroxylation is 1. The summed E-state index contributed by atoms with van der Waals surface area (Å²) < 4.78 is 13.2. The molecule has 6 nitrogen and oxygen atoms in total. The second kappa shape index (κ2) is 13.4. The van der Waals surface area contributed by atoms with Gasteiger partial charge in [0.2, 0.25) is 5.88 Å². The Kier molecular flexibility index (Phi) is 8.74. The summed E-state index contributed by atoms with van der Waals surface area (Å²) in [6, 6.07) is 38.1. The molecule has 1 atom stereocenters. The number of nitriles is 1. The minimum atomic E-state index is -0.645. The molecule has 0 saturated heterocycles. The van der Waals surface area contributed by atoms with Crippen LogP contribution in [0.1, 0.15) is 57.5 Å². The molecular formula is C39H36N4O2S. The van der Waals surface area contributed by atoms with Gasteiger partial charge in [0.25, 0.3) is 0 Å². The van der Waals surface area contributed by atoms with Crippen molar-refractivity contribution in [3.05, 3.63) is 148 Å². The highest BCUT2D eigenvalue weighted by Gasteiger charge is 2.45. The molecule has 0 fully saturated rings. The number of rotatable bonds is 9. The maximum absolute atomic E-state index is 10.9. The van der Waals surface area contributed by atoms with E-state index in [0.29, 0.717) is 49.3 Å². The number of ether oxygens (including phenoxy) is 2. The topological polar surface area (TPSA) is 71.3 Å². The van der Waals surface area contributed by atoms with Gasteiger partial charge in [0.05, 0.1) is 29.1 Å². The van der Waals surface area contributed by atoms with Crippen molar-refractivity contribution >= 4 is 17.4 Å². The van der Waals surface area contributed by atoms with Crippen LogP contribution in [0.2, 0.25) is 0 Å². The van der Waals surface area contributed by atoms with E-state index in [1.807, 2.05) is 48.7 Å². The third-order valence-electron chi connectivity index (χ3n) is 9.02. The molecule has 230 valence electrons. The summed E-state index contributed by atoms with van der Waals surface area (Å²) in [6.45, 7) is 2.13. The molecular weight excluding hydrogens is 589 g/mol. The highest BCUT2D eigenvalue weighted by atomic mass is 32.2. The monoisotopic (exact) mass is 624 g/mol. The van der Waals surface area contributed by atoms with Crippen LogP contribution >= 0.6 is 11.8 Å². The second-order valence-electron chi connectivity index (χ2n) is 12.0. The first kappa shape index (κ1) is 30.0. The number of anilines is 1. The first-order valence-electron chi connectivity index (χ1n) is 15.8. The van der Waals surface area contributed by atoms with Gasteiger partial charge in [0, 0.05) is 25.1 Å². The van der Waals surface area contributed by atoms with Crippen molar-refractivity contribution < 1.29 is 9.47 Å². The van der Waals surface area contributed by atoms with Gasteiger partial charge >= 0.3 is 0 Å². The minimum absolute atomic E-state index is 0.334. The molecule has 1 aromatic heterocycles. The Balaban J connectivity index is 1.28. The minimum Gasteiger partial charge on any atom is -0.472 e. The third kappa shape index (κ3) is 6.11. The molecule has 0 radical (unpaired) electrons. The van der Waals surface area contributed by atoms with Crippen LogP contribution in [0, 0.1) is 11.3 Å². The molecule has 1 spiro atoms. The average molecular weight is 625 g/mol. The van der Waals surface area contributed by atoms with E-state index < -0.39 is 5.60 Å². The summed E-state index contributed by atoms with van der Waals surface area (Å²) in [5, 5.41) is 11.6. The Labute approximate surface area is 275 Å². The number of hydrogen-bond acceptors (Lipinski definition) is 7. The zero-order valence-electron chi connectivity index (χ0n) is 26.0. The van der Waals surface area contributed by atoms with Crippen LogP contribution in [0.3, 0.4) is 0 Å². The summed E-state index contributed by atoms with van der Waals surface area (Å²) in [7, 11) is 0. The molecule has 2 heterocycles. The maximum Gasteiger partial charge on any atom is 0.223 e. The van der Waals surface area contributed by atoms with Crippen LogP contribution in [0.25, 0.3) is 0 Å². The smallest absolute Gasteiger partial charge is 0.223 e. The number of aromatic nitrogens is 2. The van der Waals surface area contributed by atoms with Crippen LogP contribution in [0.15, 0.2) is 108 Å². The normalized spacial score (nSPS) is 16.7. The van der Waals surface area contributed by atoms with Crippen molar-refractivity contribution in [3.8, 4) is 11.9 Å². The van der Waals surface area contributed by atoms with Crippen LogP contribution in [0.5, 0.6) is 5.88 Å². The molecule has 7 rings (SSSR count). The zero-order chi connectivity index (χ0) is 31.3. The van der Waals surface area contributed by atoms with Crippen LogP contribution in [0.4, 0.5) is 5.69 Å². The fourth-order valence-corrected chi connectivity index (χ4v) is 7.21. The van der Waals surface area contributed by atoms with Gasteiger partial charge in [-0.05, 0) is 53.8 Å². The standard InChI is InChI=1S/C39H36N4O2S/c1-46-38-41-34-22-39(45-27-33(34)37(42-38)44-26-30-16-9-4-10-17-30)21-11-18-31-19-20-35(32(23-40)36(31)39)43(24-28-12-5-2-6-13-28)25-29-14-7-3-8-15-29/h2-10,12-17,19-20H,11,18,21-22,24-27H2,1H3. The molecule has 1 unspecified atom stereocenters. The molecule has 5 aromatic rings. The van der Waals surface area contributed by atoms with Crippen LogP contribution in [-0.2, 0) is 49.5 Å². The number of benzene rings is 4. The van der Waals surface area contributed by atoms with Gasteiger partial charge in [0.15, 0.2) is 5.16 Å². The van der Waals surface area contributed by atoms with Gasteiger partial charge in [-0.1, -0.05) is 109 Å². The molecule has 46 heavy (non-hydrogen) atoms. The van der Waals surface area contributed by atoms with Crippen molar-refractivity contribution in [2.45, 2.75) is 62.7 Å². The van der Waals surface area contributed by atoms with Gasteiger partial charge in [-0.3, -0.25) is 0 Å². The van der Waals surface area contributed by atoms with Crippen LogP contribution < -0.4 is 9.64 Å². The number of thioether (sulfide) groups is 1. The molecule has 4 aromatic carbocycles. The fourth-order valence-electron chi connectivity index (χ4n) is 6.83. The highest BCUT2D eigenvalue weighted by Crippen LogP contribution is 2.49. The van der Waals surface area contributed by atoms with Crippen molar-refractivity contribution in [2.24, 2.45) is 0 Å². The second-order valence-corrected chi connectivity index (χ2v) is 12.7. The largest absolute Gasteiger partial charge is 0.472 e. The van der Waals surface area contributed by atoms with Gasteiger partial charge < -0.3 is 14.4 Å². The van der Waals surface area contributed by atoms with Crippen molar-refractivity contribution in [3.63, 3.8) is 0 Å². The van der Waals surface area contributed by atoms with Gasteiger partial charge in [-0.25, -0.2) is 4.98 Å². The van der Waals surface area contributed by atoms with E-state index in [-0.39, 0.29) is 0 Å². The molecule has 0 bridgehead atoms. The fraction of sp³-hybridized carbons (Fsp3) is 0.256. The summed E-state index contributed by atoms with van der Waals surface area (Å²) in [5.41, 5.74) is 8.52. The quantitative estimate of drug-likeness (QED) is 0.121. The zero-order valence-corrected chi connectivity index (χ0v) is 26.8. The molecule has 1 aliphatic heterocycles. The number of hydrogen-bond donors (Lipinski definition) is 0. The van der Waals surface area contributed by atoms with E-state index in [2.05, 4.69) is 71.6 Å².